The van der Waals surface area contributed by atoms with Crippen LogP contribution in [0.3, 0.4) is 0 Å². The lowest BCUT2D eigenvalue weighted by Crippen LogP contribution is -2.40. The Kier molecular flexibility index (Phi) is 8.82. The van der Waals surface area contributed by atoms with Gasteiger partial charge in [0.05, 0.1) is 17.2 Å². The summed E-state index contributed by atoms with van der Waals surface area (Å²) in [4.78, 5) is 12.7. The van der Waals surface area contributed by atoms with Crippen LogP contribution >= 0.6 is 35.3 Å². The molecule has 1 N–H and O–H groups in total. The number of aliphatic imine (C=N–C) groups is 1. The first-order valence-electron chi connectivity index (χ1n) is 8.47. The molecule has 23 heavy (non-hydrogen) atoms. The molecular weight excluding hydrogens is 419 g/mol. The van der Waals surface area contributed by atoms with Crippen molar-refractivity contribution < 1.29 is 0 Å². The lowest BCUT2D eigenvalue weighted by Gasteiger charge is -2.24. The van der Waals surface area contributed by atoms with Crippen LogP contribution in [0.2, 0.25) is 0 Å². The van der Waals surface area contributed by atoms with Gasteiger partial charge in [-0.3, -0.25) is 4.99 Å². The number of halogens is 1. The summed E-state index contributed by atoms with van der Waals surface area (Å²) in [7, 11) is 1.89. The molecule has 1 aliphatic heterocycles. The molecule has 1 atom stereocenters. The number of hydrogen-bond donors (Lipinski definition) is 1. The van der Waals surface area contributed by atoms with E-state index in [1.54, 1.807) is 11.3 Å². The minimum absolute atomic E-state index is 0. The van der Waals surface area contributed by atoms with Gasteiger partial charge in [0.25, 0.3) is 0 Å². The normalized spacial score (nSPS) is 18.4. The first-order valence-corrected chi connectivity index (χ1v) is 9.29. The van der Waals surface area contributed by atoms with E-state index in [2.05, 4.69) is 47.9 Å². The molecule has 1 saturated heterocycles. The SMILES string of the molecule is CCC(CC)C1CCN(C(=NC)NCc2sc(C)nc2C)C1.I. The van der Waals surface area contributed by atoms with E-state index in [1.165, 1.54) is 24.1 Å². The molecule has 0 spiro atoms. The maximum atomic E-state index is 4.49. The lowest BCUT2D eigenvalue weighted by molar-refractivity contribution is 0.319. The first-order chi connectivity index (χ1) is 10.6. The average molecular weight is 450 g/mol. The van der Waals surface area contributed by atoms with Crippen LogP contribution in [0.5, 0.6) is 0 Å². The highest BCUT2D eigenvalue weighted by atomic mass is 127. The molecule has 2 heterocycles. The molecule has 0 radical (unpaired) electrons. The summed E-state index contributed by atoms with van der Waals surface area (Å²) in [6.45, 7) is 11.9. The molecule has 0 aliphatic carbocycles. The van der Waals surface area contributed by atoms with Gasteiger partial charge in [0.2, 0.25) is 0 Å². The Balaban J connectivity index is 0.00000264. The van der Waals surface area contributed by atoms with Crippen molar-refractivity contribution in [1.29, 1.82) is 0 Å². The highest BCUT2D eigenvalue weighted by Crippen LogP contribution is 2.28. The van der Waals surface area contributed by atoms with Crippen molar-refractivity contribution in [2.45, 2.75) is 53.5 Å². The molecule has 1 aromatic heterocycles. The van der Waals surface area contributed by atoms with Gasteiger partial charge in [-0.15, -0.1) is 35.3 Å². The van der Waals surface area contributed by atoms with Crippen molar-refractivity contribution >= 4 is 41.3 Å². The van der Waals surface area contributed by atoms with E-state index in [4.69, 9.17) is 0 Å². The molecule has 4 nitrogen and oxygen atoms in total. The number of likely N-dealkylation sites (tertiary alicyclic amines) is 1. The third-order valence-corrected chi connectivity index (χ3v) is 5.93. The zero-order valence-electron chi connectivity index (χ0n) is 15.1. The number of guanidine groups is 1. The fraction of sp³-hybridized carbons (Fsp3) is 0.765. The van der Waals surface area contributed by atoms with Crippen LogP contribution < -0.4 is 5.32 Å². The van der Waals surface area contributed by atoms with E-state index >= 15 is 0 Å². The monoisotopic (exact) mass is 450 g/mol. The standard InChI is InChI=1S/C17H30N4S.HI/c1-6-14(7-2)15-8-9-21(11-15)17(18-5)19-10-16-12(3)20-13(4)22-16;/h14-15H,6-11H2,1-5H3,(H,18,19);1H. The zero-order chi connectivity index (χ0) is 16.1. The third kappa shape index (κ3) is 5.31. The number of aryl methyl sites for hydroxylation is 2. The summed E-state index contributed by atoms with van der Waals surface area (Å²) in [6.07, 6.45) is 3.88. The molecule has 1 aliphatic rings. The summed E-state index contributed by atoms with van der Waals surface area (Å²) in [6, 6.07) is 0. The number of nitrogens with one attached hydrogen (secondary N) is 1. The highest BCUT2D eigenvalue weighted by Gasteiger charge is 2.29. The van der Waals surface area contributed by atoms with Gasteiger partial charge in [-0.05, 0) is 32.1 Å². The van der Waals surface area contributed by atoms with Crippen molar-refractivity contribution in [3.8, 4) is 0 Å². The zero-order valence-corrected chi connectivity index (χ0v) is 18.2. The number of hydrogen-bond acceptors (Lipinski definition) is 3. The van der Waals surface area contributed by atoms with Crippen LogP contribution in [-0.4, -0.2) is 36.0 Å². The number of rotatable bonds is 5. The summed E-state index contributed by atoms with van der Waals surface area (Å²) in [5.41, 5.74) is 1.14. The average Bonchev–Trinajstić information content (AvgIpc) is 3.09. The smallest absolute Gasteiger partial charge is 0.193 e. The molecule has 1 aromatic rings. The second-order valence-corrected chi connectivity index (χ2v) is 7.50. The van der Waals surface area contributed by atoms with E-state index in [-0.39, 0.29) is 24.0 Å². The second-order valence-electron chi connectivity index (χ2n) is 6.21. The van der Waals surface area contributed by atoms with Crippen molar-refractivity contribution in [3.05, 3.63) is 15.6 Å². The second kappa shape index (κ2) is 9.81. The van der Waals surface area contributed by atoms with E-state index in [0.29, 0.717) is 0 Å². The molecule has 2 rings (SSSR count). The van der Waals surface area contributed by atoms with Crippen LogP contribution in [0.4, 0.5) is 0 Å². The third-order valence-electron chi connectivity index (χ3n) is 4.86. The molecule has 0 aromatic carbocycles. The maximum Gasteiger partial charge on any atom is 0.193 e. The van der Waals surface area contributed by atoms with Crippen LogP contribution in [0.1, 0.15) is 48.7 Å². The summed E-state index contributed by atoms with van der Waals surface area (Å²) < 4.78 is 0. The molecule has 0 amide bonds. The molecule has 1 unspecified atom stereocenters. The van der Waals surface area contributed by atoms with Crippen molar-refractivity contribution in [1.82, 2.24) is 15.2 Å². The molecule has 132 valence electrons. The Morgan fingerprint density at radius 2 is 2.09 bits per heavy atom. The van der Waals surface area contributed by atoms with Crippen LogP contribution in [-0.2, 0) is 6.54 Å². The molecular formula is C17H31IN4S. The minimum Gasteiger partial charge on any atom is -0.351 e. The Labute approximate surface area is 162 Å². The lowest BCUT2D eigenvalue weighted by atomic mass is 9.87. The summed E-state index contributed by atoms with van der Waals surface area (Å²) in [5.74, 6) is 2.72. The van der Waals surface area contributed by atoms with Gasteiger partial charge in [0.1, 0.15) is 0 Å². The number of thiazole rings is 1. The molecule has 0 saturated carbocycles. The van der Waals surface area contributed by atoms with E-state index in [9.17, 15) is 0 Å². The topological polar surface area (TPSA) is 40.5 Å². The Hall–Kier alpha value is -0.370. The highest BCUT2D eigenvalue weighted by molar-refractivity contribution is 14.0. The predicted molar refractivity (Wildman–Crippen MR) is 111 cm³/mol. The van der Waals surface area contributed by atoms with E-state index in [1.807, 2.05) is 7.05 Å². The fourth-order valence-electron chi connectivity index (χ4n) is 3.55. The van der Waals surface area contributed by atoms with Gasteiger partial charge in [0.15, 0.2) is 5.96 Å². The van der Waals surface area contributed by atoms with Crippen molar-refractivity contribution in [2.24, 2.45) is 16.8 Å². The van der Waals surface area contributed by atoms with Gasteiger partial charge >= 0.3 is 0 Å². The number of nitrogens with zero attached hydrogens (tertiary/aromatic N) is 3. The molecule has 1 fully saturated rings. The van der Waals surface area contributed by atoms with Crippen molar-refractivity contribution in [2.75, 3.05) is 20.1 Å². The van der Waals surface area contributed by atoms with E-state index in [0.717, 1.165) is 48.1 Å². The minimum atomic E-state index is 0. The Bertz CT molecular complexity index is 511. The molecule has 6 heteroatoms. The maximum absolute atomic E-state index is 4.49. The van der Waals surface area contributed by atoms with Crippen LogP contribution in [0.25, 0.3) is 0 Å². The quantitative estimate of drug-likeness (QED) is 0.415. The van der Waals surface area contributed by atoms with Gasteiger partial charge in [0, 0.05) is 25.0 Å². The molecule has 0 bridgehead atoms. The Morgan fingerprint density at radius 3 is 2.61 bits per heavy atom. The van der Waals surface area contributed by atoms with Gasteiger partial charge in [-0.1, -0.05) is 26.7 Å². The summed E-state index contributed by atoms with van der Waals surface area (Å²) in [5, 5.41) is 4.66. The largest absolute Gasteiger partial charge is 0.351 e. The van der Waals surface area contributed by atoms with Gasteiger partial charge in [-0.25, -0.2) is 4.98 Å². The fourth-order valence-corrected chi connectivity index (χ4v) is 4.43. The van der Waals surface area contributed by atoms with Gasteiger partial charge in [-0.2, -0.15) is 0 Å². The predicted octanol–water partition coefficient (Wildman–Crippen LogP) is 4.21. The van der Waals surface area contributed by atoms with E-state index < -0.39 is 0 Å². The Morgan fingerprint density at radius 1 is 1.39 bits per heavy atom. The first kappa shape index (κ1) is 20.7. The van der Waals surface area contributed by atoms with Crippen LogP contribution in [0, 0.1) is 25.7 Å². The number of aromatic nitrogens is 1. The van der Waals surface area contributed by atoms with Crippen LogP contribution in [0.15, 0.2) is 4.99 Å². The summed E-state index contributed by atoms with van der Waals surface area (Å²) >= 11 is 1.77. The van der Waals surface area contributed by atoms with Gasteiger partial charge < -0.3 is 10.2 Å². The van der Waals surface area contributed by atoms with Crippen molar-refractivity contribution in [3.63, 3.8) is 0 Å².